The summed E-state index contributed by atoms with van der Waals surface area (Å²) >= 11 is 0. The van der Waals surface area contributed by atoms with E-state index in [4.69, 9.17) is 5.73 Å². The topological polar surface area (TPSA) is 63.3 Å². The lowest BCUT2D eigenvalue weighted by atomic mass is 10.0. The molecule has 0 radical (unpaired) electrons. The Morgan fingerprint density at radius 3 is 2.50 bits per heavy atom. The van der Waals surface area contributed by atoms with Gasteiger partial charge in [-0.1, -0.05) is 39.0 Å². The molecule has 0 aliphatic carbocycles. The van der Waals surface area contributed by atoms with Gasteiger partial charge in [0.2, 0.25) is 0 Å². The van der Waals surface area contributed by atoms with Crippen LogP contribution in [0.3, 0.4) is 0 Å². The Kier molecular flexibility index (Phi) is 6.26. The number of rotatable bonds is 8. The Morgan fingerprint density at radius 1 is 1.17 bits per heavy atom. The second kappa shape index (κ2) is 7.75. The fourth-order valence-electron chi connectivity index (χ4n) is 1.94. The number of phenolic OH excluding ortho intramolecular Hbond substituents is 1. The molecule has 0 amide bonds. The molecular formula is C15H23NO2. The van der Waals surface area contributed by atoms with E-state index in [9.17, 15) is 9.90 Å². The van der Waals surface area contributed by atoms with E-state index in [1.807, 2.05) is 0 Å². The van der Waals surface area contributed by atoms with Crippen molar-refractivity contribution in [2.75, 3.05) is 5.73 Å². The molecule has 1 aromatic rings. The molecule has 1 aromatic carbocycles. The smallest absolute Gasteiger partial charge is 0.162 e. The van der Waals surface area contributed by atoms with Crippen LogP contribution in [0.1, 0.15) is 62.2 Å². The zero-order chi connectivity index (χ0) is 13.4. The Balaban J connectivity index is 2.30. The van der Waals surface area contributed by atoms with E-state index in [1.54, 1.807) is 12.1 Å². The number of carbonyl (C=O) groups excluding carboxylic acids is 1. The molecular weight excluding hydrogens is 226 g/mol. The second-order valence-electron chi connectivity index (χ2n) is 4.71. The fraction of sp³-hybridized carbons (Fsp3) is 0.533. The van der Waals surface area contributed by atoms with Gasteiger partial charge in [-0.15, -0.1) is 0 Å². The normalized spacial score (nSPS) is 10.5. The van der Waals surface area contributed by atoms with Gasteiger partial charge < -0.3 is 10.8 Å². The third kappa shape index (κ3) is 4.78. The largest absolute Gasteiger partial charge is 0.506 e. The third-order valence-electron chi connectivity index (χ3n) is 3.11. The highest BCUT2D eigenvalue weighted by atomic mass is 16.3. The van der Waals surface area contributed by atoms with Gasteiger partial charge in [0.15, 0.2) is 5.78 Å². The number of Topliss-reactive ketones (excluding diaryl/α,β-unsaturated/α-hetero) is 1. The quantitative estimate of drug-likeness (QED) is 0.318. The number of aromatic hydroxyl groups is 1. The number of phenols is 1. The van der Waals surface area contributed by atoms with Crippen LogP contribution in [0, 0.1) is 0 Å². The van der Waals surface area contributed by atoms with Crippen molar-refractivity contribution in [3.05, 3.63) is 23.8 Å². The summed E-state index contributed by atoms with van der Waals surface area (Å²) < 4.78 is 0. The molecule has 3 N–H and O–H groups in total. The van der Waals surface area contributed by atoms with Gasteiger partial charge in [-0.2, -0.15) is 0 Å². The molecule has 0 bridgehead atoms. The summed E-state index contributed by atoms with van der Waals surface area (Å²) in [4.78, 5) is 11.9. The van der Waals surface area contributed by atoms with Crippen molar-refractivity contribution in [1.82, 2.24) is 0 Å². The highest BCUT2D eigenvalue weighted by molar-refractivity contribution is 5.97. The maximum atomic E-state index is 11.9. The van der Waals surface area contributed by atoms with Crippen LogP contribution in [0.2, 0.25) is 0 Å². The van der Waals surface area contributed by atoms with Crippen LogP contribution in [0.4, 0.5) is 5.69 Å². The number of carbonyl (C=O) groups is 1. The second-order valence-corrected chi connectivity index (χ2v) is 4.71. The van der Waals surface area contributed by atoms with Gasteiger partial charge in [0.25, 0.3) is 0 Å². The number of hydrogen-bond donors (Lipinski definition) is 2. The fourth-order valence-corrected chi connectivity index (χ4v) is 1.94. The van der Waals surface area contributed by atoms with E-state index in [2.05, 4.69) is 6.92 Å². The minimum atomic E-state index is 0.0334. The molecule has 0 atom stereocenters. The SMILES string of the molecule is CCCCCCCCC(=O)c1ccc(O)c(N)c1. The van der Waals surface area contributed by atoms with Crippen molar-refractivity contribution in [1.29, 1.82) is 0 Å². The number of nitrogens with two attached hydrogens (primary N) is 1. The van der Waals surface area contributed by atoms with Crippen molar-refractivity contribution in [3.8, 4) is 5.75 Å². The molecule has 100 valence electrons. The molecule has 0 aromatic heterocycles. The number of nitrogen functional groups attached to an aromatic ring is 1. The maximum Gasteiger partial charge on any atom is 0.162 e. The standard InChI is InChI=1S/C15H23NO2/c1-2-3-4-5-6-7-8-14(17)12-9-10-15(18)13(16)11-12/h9-11,18H,2-8,16H2,1H3. The van der Waals surface area contributed by atoms with E-state index < -0.39 is 0 Å². The lowest BCUT2D eigenvalue weighted by Crippen LogP contribution is -2.00. The van der Waals surface area contributed by atoms with Gasteiger partial charge in [0.05, 0.1) is 5.69 Å². The molecule has 3 nitrogen and oxygen atoms in total. The molecule has 0 unspecified atom stereocenters. The van der Waals surface area contributed by atoms with Crippen molar-refractivity contribution in [2.24, 2.45) is 0 Å². The number of ketones is 1. The van der Waals surface area contributed by atoms with Crippen LogP contribution in [-0.4, -0.2) is 10.9 Å². The Labute approximate surface area is 109 Å². The van der Waals surface area contributed by atoms with E-state index in [0.29, 0.717) is 12.0 Å². The molecule has 3 heteroatoms. The zero-order valence-electron chi connectivity index (χ0n) is 11.1. The molecule has 1 rings (SSSR count). The summed E-state index contributed by atoms with van der Waals surface area (Å²) in [5, 5.41) is 9.29. The van der Waals surface area contributed by atoms with Crippen LogP contribution in [0.25, 0.3) is 0 Å². The highest BCUT2D eigenvalue weighted by Gasteiger charge is 2.07. The summed E-state index contributed by atoms with van der Waals surface area (Å²) in [5.74, 6) is 0.142. The van der Waals surface area contributed by atoms with Crippen molar-refractivity contribution in [3.63, 3.8) is 0 Å². The number of anilines is 1. The average molecular weight is 249 g/mol. The van der Waals surface area contributed by atoms with Crippen molar-refractivity contribution >= 4 is 11.5 Å². The average Bonchev–Trinajstić information content (AvgIpc) is 2.36. The highest BCUT2D eigenvalue weighted by Crippen LogP contribution is 2.21. The molecule has 0 saturated carbocycles. The summed E-state index contributed by atoms with van der Waals surface area (Å²) in [7, 11) is 0. The first kappa shape index (κ1) is 14.6. The number of benzene rings is 1. The van der Waals surface area contributed by atoms with Gasteiger partial charge in [-0.3, -0.25) is 4.79 Å². The molecule has 18 heavy (non-hydrogen) atoms. The van der Waals surface area contributed by atoms with Crippen LogP contribution in [0.15, 0.2) is 18.2 Å². The Bertz CT molecular complexity index is 388. The van der Waals surface area contributed by atoms with Crippen LogP contribution >= 0.6 is 0 Å². The monoisotopic (exact) mass is 249 g/mol. The Morgan fingerprint density at radius 2 is 1.83 bits per heavy atom. The van der Waals surface area contributed by atoms with Crippen LogP contribution < -0.4 is 5.73 Å². The van der Waals surface area contributed by atoms with E-state index in [-0.39, 0.29) is 17.2 Å². The lowest BCUT2D eigenvalue weighted by Gasteiger charge is -2.04. The van der Waals surface area contributed by atoms with Crippen molar-refractivity contribution in [2.45, 2.75) is 51.9 Å². The number of hydrogen-bond acceptors (Lipinski definition) is 3. The zero-order valence-corrected chi connectivity index (χ0v) is 11.1. The molecule has 0 heterocycles. The molecule has 0 saturated heterocycles. The number of unbranched alkanes of at least 4 members (excludes halogenated alkanes) is 5. The van der Waals surface area contributed by atoms with E-state index >= 15 is 0 Å². The van der Waals surface area contributed by atoms with Gasteiger partial charge in [0, 0.05) is 12.0 Å². The van der Waals surface area contributed by atoms with E-state index in [0.717, 1.165) is 12.8 Å². The third-order valence-corrected chi connectivity index (χ3v) is 3.11. The summed E-state index contributed by atoms with van der Waals surface area (Å²) in [5.41, 5.74) is 6.43. The Hall–Kier alpha value is -1.51. The van der Waals surface area contributed by atoms with Crippen LogP contribution in [-0.2, 0) is 0 Å². The first-order chi connectivity index (χ1) is 8.65. The van der Waals surface area contributed by atoms with Gasteiger partial charge >= 0.3 is 0 Å². The maximum absolute atomic E-state index is 11.9. The summed E-state index contributed by atoms with van der Waals surface area (Å²) in [6.45, 7) is 2.19. The summed E-state index contributed by atoms with van der Waals surface area (Å²) in [6.07, 6.45) is 7.60. The first-order valence-corrected chi connectivity index (χ1v) is 6.77. The minimum Gasteiger partial charge on any atom is -0.506 e. The predicted molar refractivity (Wildman–Crippen MR) is 74.8 cm³/mol. The molecule has 0 fully saturated rings. The summed E-state index contributed by atoms with van der Waals surface area (Å²) in [6, 6.07) is 4.66. The molecule has 0 spiro atoms. The molecule has 0 aliphatic rings. The van der Waals surface area contributed by atoms with Gasteiger partial charge in [-0.05, 0) is 24.6 Å². The molecule has 0 aliphatic heterocycles. The van der Waals surface area contributed by atoms with Gasteiger partial charge in [-0.25, -0.2) is 0 Å². The van der Waals surface area contributed by atoms with Gasteiger partial charge in [0.1, 0.15) is 5.75 Å². The first-order valence-electron chi connectivity index (χ1n) is 6.77. The lowest BCUT2D eigenvalue weighted by molar-refractivity contribution is 0.0979. The van der Waals surface area contributed by atoms with Crippen LogP contribution in [0.5, 0.6) is 5.75 Å². The minimum absolute atomic E-state index is 0.0334. The van der Waals surface area contributed by atoms with E-state index in [1.165, 1.54) is 31.7 Å². The predicted octanol–water partition coefficient (Wildman–Crippen LogP) is 3.91. The van der Waals surface area contributed by atoms with Crippen molar-refractivity contribution < 1.29 is 9.90 Å².